The summed E-state index contributed by atoms with van der Waals surface area (Å²) in [5.74, 6) is -0.345. The van der Waals surface area contributed by atoms with Crippen molar-refractivity contribution in [2.45, 2.75) is 12.1 Å². The van der Waals surface area contributed by atoms with Gasteiger partial charge in [-0.05, 0) is 23.1 Å². The fourth-order valence-electron chi connectivity index (χ4n) is 3.89. The van der Waals surface area contributed by atoms with Crippen LogP contribution in [0.25, 0.3) is 10.9 Å². The molecule has 0 bridgehead atoms. The number of fused-ring (bicyclic) bond motifs is 1. The van der Waals surface area contributed by atoms with Gasteiger partial charge in [-0.3, -0.25) is 9.59 Å². The van der Waals surface area contributed by atoms with Crippen molar-refractivity contribution >= 4 is 16.8 Å². The molecule has 0 saturated carbocycles. The molecule has 6 heteroatoms. The molecule has 1 amide bonds. The van der Waals surface area contributed by atoms with Gasteiger partial charge in [0.15, 0.2) is 0 Å². The first-order chi connectivity index (χ1) is 13.6. The van der Waals surface area contributed by atoms with Crippen molar-refractivity contribution in [3.63, 3.8) is 0 Å². The van der Waals surface area contributed by atoms with Crippen LogP contribution >= 0.6 is 0 Å². The minimum Gasteiger partial charge on any atom is -0.394 e. The number of aromatic nitrogens is 1. The van der Waals surface area contributed by atoms with Crippen LogP contribution in [0.1, 0.15) is 22.0 Å². The largest absolute Gasteiger partial charge is 0.394 e. The van der Waals surface area contributed by atoms with Crippen LogP contribution in [0.15, 0.2) is 65.5 Å². The van der Waals surface area contributed by atoms with Crippen molar-refractivity contribution < 1.29 is 14.6 Å². The maximum atomic E-state index is 13.4. The smallest absolute Gasteiger partial charge is 0.263 e. The summed E-state index contributed by atoms with van der Waals surface area (Å²) < 4.78 is 7.21. The molecular formula is C22H22N2O4. The Balaban J connectivity index is 1.80. The highest BCUT2D eigenvalue weighted by Gasteiger charge is 2.37. The summed E-state index contributed by atoms with van der Waals surface area (Å²) >= 11 is 0. The third-order valence-corrected chi connectivity index (χ3v) is 5.30. The average Bonchev–Trinajstić information content (AvgIpc) is 2.75. The zero-order valence-electron chi connectivity index (χ0n) is 15.6. The molecule has 1 aliphatic rings. The van der Waals surface area contributed by atoms with E-state index in [4.69, 9.17) is 4.74 Å². The van der Waals surface area contributed by atoms with E-state index >= 15 is 0 Å². The van der Waals surface area contributed by atoms with Crippen molar-refractivity contribution in [3.8, 4) is 0 Å². The number of aliphatic hydroxyl groups excluding tert-OH is 1. The van der Waals surface area contributed by atoms with Gasteiger partial charge in [0.1, 0.15) is 11.7 Å². The second-order valence-corrected chi connectivity index (χ2v) is 6.93. The van der Waals surface area contributed by atoms with E-state index in [9.17, 15) is 14.7 Å². The van der Waals surface area contributed by atoms with E-state index in [-0.39, 0.29) is 23.6 Å². The highest BCUT2D eigenvalue weighted by molar-refractivity contribution is 5.97. The highest BCUT2D eigenvalue weighted by atomic mass is 16.5. The van der Waals surface area contributed by atoms with Crippen LogP contribution in [0.5, 0.6) is 0 Å². The number of hydrogen-bond donors (Lipinski definition) is 1. The van der Waals surface area contributed by atoms with Crippen LogP contribution in [0, 0.1) is 0 Å². The molecule has 0 aliphatic carbocycles. The van der Waals surface area contributed by atoms with Gasteiger partial charge in [0.2, 0.25) is 0 Å². The molecule has 0 spiro atoms. The number of hydrogen-bond acceptors (Lipinski definition) is 4. The minimum absolute atomic E-state index is 0.126. The number of morpholine rings is 1. The second-order valence-electron chi connectivity index (χ2n) is 6.93. The summed E-state index contributed by atoms with van der Waals surface area (Å²) in [5, 5.41) is 10.6. The summed E-state index contributed by atoms with van der Waals surface area (Å²) in [6.07, 6.45) is -0.538. The number of carbonyl (C=O) groups excluding carboxylic acids is 1. The minimum atomic E-state index is -0.538. The third kappa shape index (κ3) is 3.10. The molecule has 2 aromatic carbocycles. The quantitative estimate of drug-likeness (QED) is 0.758. The first kappa shape index (κ1) is 18.4. The first-order valence-electron chi connectivity index (χ1n) is 9.29. The molecular weight excluding hydrogens is 356 g/mol. The molecule has 1 fully saturated rings. The third-order valence-electron chi connectivity index (χ3n) is 5.30. The van der Waals surface area contributed by atoms with Crippen LogP contribution < -0.4 is 5.56 Å². The molecule has 144 valence electrons. The molecule has 6 nitrogen and oxygen atoms in total. The molecule has 1 aliphatic heterocycles. The van der Waals surface area contributed by atoms with Gasteiger partial charge in [-0.25, -0.2) is 0 Å². The van der Waals surface area contributed by atoms with E-state index in [0.29, 0.717) is 13.2 Å². The van der Waals surface area contributed by atoms with Crippen molar-refractivity contribution in [2.24, 2.45) is 7.05 Å². The number of nitrogens with zero attached hydrogens (tertiary/aromatic N) is 2. The zero-order chi connectivity index (χ0) is 19.7. The van der Waals surface area contributed by atoms with Crippen LogP contribution in [-0.2, 0) is 11.8 Å². The van der Waals surface area contributed by atoms with Crippen LogP contribution in [0.2, 0.25) is 0 Å². The van der Waals surface area contributed by atoms with Gasteiger partial charge < -0.3 is 19.3 Å². The molecule has 1 N–H and O–H groups in total. The maximum Gasteiger partial charge on any atom is 0.263 e. The predicted molar refractivity (Wildman–Crippen MR) is 106 cm³/mol. The number of carbonyl (C=O) groups is 1. The number of aliphatic hydroxyl groups is 1. The molecule has 1 aromatic heterocycles. The van der Waals surface area contributed by atoms with Gasteiger partial charge >= 0.3 is 0 Å². The molecule has 28 heavy (non-hydrogen) atoms. The Bertz CT molecular complexity index is 1060. The molecule has 0 radical (unpaired) electrons. The van der Waals surface area contributed by atoms with Crippen molar-refractivity contribution in [3.05, 3.63) is 82.1 Å². The van der Waals surface area contributed by atoms with E-state index < -0.39 is 12.1 Å². The summed E-state index contributed by atoms with van der Waals surface area (Å²) in [6, 6.07) is 18.2. The lowest BCUT2D eigenvalue weighted by atomic mass is 9.97. The van der Waals surface area contributed by atoms with Gasteiger partial charge in [-0.15, -0.1) is 0 Å². The van der Waals surface area contributed by atoms with Crippen molar-refractivity contribution in [1.29, 1.82) is 0 Å². The van der Waals surface area contributed by atoms with E-state index in [1.54, 1.807) is 18.0 Å². The zero-order valence-corrected chi connectivity index (χ0v) is 15.6. The standard InChI is InChI=1S/C22H22N2O4/c1-23-18-10-6-5-9-16(18)13-17(21(23)26)22(27)24-11-12-28-19(14-25)20(24)15-7-3-2-4-8-15/h2-10,13,19-20,25H,11-12,14H2,1H3/t19-,20-/m1/s1. The predicted octanol–water partition coefficient (Wildman–Crippen LogP) is 2.11. The van der Waals surface area contributed by atoms with Crippen LogP contribution in [0.4, 0.5) is 0 Å². The van der Waals surface area contributed by atoms with E-state index in [1.807, 2.05) is 54.6 Å². The van der Waals surface area contributed by atoms with Gasteiger partial charge in [-0.2, -0.15) is 0 Å². The Hall–Kier alpha value is -2.96. The van der Waals surface area contributed by atoms with E-state index in [0.717, 1.165) is 16.5 Å². The lowest BCUT2D eigenvalue weighted by Gasteiger charge is -2.40. The Morgan fingerprint density at radius 1 is 1.14 bits per heavy atom. The lowest BCUT2D eigenvalue weighted by Crippen LogP contribution is -2.50. The van der Waals surface area contributed by atoms with E-state index in [2.05, 4.69) is 0 Å². The monoisotopic (exact) mass is 378 g/mol. The molecule has 2 heterocycles. The normalized spacial score (nSPS) is 19.7. The van der Waals surface area contributed by atoms with Crippen LogP contribution in [-0.4, -0.2) is 46.3 Å². The fraction of sp³-hybridized carbons (Fsp3) is 0.273. The average molecular weight is 378 g/mol. The molecule has 0 unspecified atom stereocenters. The van der Waals surface area contributed by atoms with Gasteiger partial charge in [0.25, 0.3) is 11.5 Å². The van der Waals surface area contributed by atoms with Crippen LogP contribution in [0.3, 0.4) is 0 Å². The van der Waals surface area contributed by atoms with Gasteiger partial charge in [-0.1, -0.05) is 48.5 Å². The number of benzene rings is 2. The van der Waals surface area contributed by atoms with Crippen molar-refractivity contribution in [1.82, 2.24) is 9.47 Å². The van der Waals surface area contributed by atoms with Gasteiger partial charge in [0, 0.05) is 13.6 Å². The topological polar surface area (TPSA) is 71.8 Å². The number of ether oxygens (including phenoxy) is 1. The molecule has 4 rings (SSSR count). The lowest BCUT2D eigenvalue weighted by molar-refractivity contribution is -0.0811. The number of aryl methyl sites for hydroxylation is 1. The Morgan fingerprint density at radius 3 is 2.61 bits per heavy atom. The number of amides is 1. The Kier molecular flexibility index (Phi) is 4.98. The van der Waals surface area contributed by atoms with Crippen molar-refractivity contribution in [2.75, 3.05) is 19.8 Å². The number of pyridine rings is 1. The number of rotatable bonds is 3. The maximum absolute atomic E-state index is 13.4. The Morgan fingerprint density at radius 2 is 1.86 bits per heavy atom. The first-order valence-corrected chi connectivity index (χ1v) is 9.29. The second kappa shape index (κ2) is 7.58. The fourth-order valence-corrected chi connectivity index (χ4v) is 3.89. The summed E-state index contributed by atoms with van der Waals surface area (Å²) in [7, 11) is 1.67. The molecule has 2 atom stereocenters. The summed E-state index contributed by atoms with van der Waals surface area (Å²) in [6.45, 7) is 0.456. The number of para-hydroxylation sites is 1. The Labute approximate surface area is 162 Å². The highest BCUT2D eigenvalue weighted by Crippen LogP contribution is 2.30. The summed E-state index contributed by atoms with van der Waals surface area (Å²) in [5.41, 5.74) is 1.44. The SMILES string of the molecule is Cn1c(=O)c(C(=O)N2CCO[C@H](CO)[C@H]2c2ccccc2)cc2ccccc21. The van der Waals surface area contributed by atoms with E-state index in [1.165, 1.54) is 4.57 Å². The molecule has 1 saturated heterocycles. The van der Waals surface area contributed by atoms with Gasteiger partial charge in [0.05, 0.1) is 24.8 Å². The summed E-state index contributed by atoms with van der Waals surface area (Å²) in [4.78, 5) is 28.0. The molecule has 3 aromatic rings.